The molecule has 0 saturated heterocycles. The summed E-state index contributed by atoms with van der Waals surface area (Å²) in [4.78, 5) is 5.64. The average Bonchev–Trinajstić information content (AvgIpc) is 2.30. The fourth-order valence-corrected chi connectivity index (χ4v) is 2.56. The maximum absolute atomic E-state index is 5.87. The van der Waals surface area contributed by atoms with Crippen LogP contribution >= 0.6 is 11.8 Å². The van der Waals surface area contributed by atoms with E-state index >= 15 is 0 Å². The van der Waals surface area contributed by atoms with Gasteiger partial charge in [-0.25, -0.2) is 4.98 Å². The number of nitrogens with two attached hydrogens (primary N) is 1. The summed E-state index contributed by atoms with van der Waals surface area (Å²) in [5.74, 6) is 0. The van der Waals surface area contributed by atoms with Crippen molar-refractivity contribution in [2.75, 3.05) is 0 Å². The third kappa shape index (κ3) is 3.08. The summed E-state index contributed by atoms with van der Waals surface area (Å²) in [6, 6.07) is 12.4. The van der Waals surface area contributed by atoms with Gasteiger partial charge in [0, 0.05) is 17.1 Å². The maximum atomic E-state index is 5.87. The molecule has 0 bridgehead atoms. The zero-order chi connectivity index (χ0) is 12.3. The van der Waals surface area contributed by atoms with Crippen molar-refractivity contribution in [3.8, 4) is 0 Å². The van der Waals surface area contributed by atoms with E-state index in [9.17, 15) is 0 Å². The summed E-state index contributed by atoms with van der Waals surface area (Å²) < 4.78 is 0. The summed E-state index contributed by atoms with van der Waals surface area (Å²) in [5, 5.41) is 1.01. The molecule has 0 saturated carbocycles. The Balaban J connectivity index is 2.21. The van der Waals surface area contributed by atoms with Crippen molar-refractivity contribution in [1.29, 1.82) is 0 Å². The molecule has 0 radical (unpaired) electrons. The molecule has 1 atom stereocenters. The predicted molar refractivity (Wildman–Crippen MR) is 72.1 cm³/mol. The number of hydrogen-bond acceptors (Lipinski definition) is 3. The quantitative estimate of drug-likeness (QED) is 0.897. The fraction of sp³-hybridized carbons (Fsp3) is 0.214. The van der Waals surface area contributed by atoms with E-state index in [1.54, 1.807) is 11.8 Å². The first-order valence-electron chi connectivity index (χ1n) is 5.62. The molecule has 88 valence electrons. The highest BCUT2D eigenvalue weighted by Crippen LogP contribution is 2.27. The number of benzene rings is 1. The van der Waals surface area contributed by atoms with Gasteiger partial charge in [-0.15, -0.1) is 0 Å². The average molecular weight is 244 g/mol. The van der Waals surface area contributed by atoms with Gasteiger partial charge in [-0.3, -0.25) is 0 Å². The standard InChI is InChI=1S/C14H16N2S/c1-10-8-14(16-9-13(10)11(2)15)17-12-6-4-3-5-7-12/h3-9,11H,15H2,1-2H3/t11-/m0/s1. The molecular formula is C14H16N2S. The first-order chi connectivity index (χ1) is 8.16. The van der Waals surface area contributed by atoms with E-state index in [1.807, 2.05) is 31.3 Å². The molecule has 1 aromatic carbocycles. The van der Waals surface area contributed by atoms with Crippen LogP contribution in [0.25, 0.3) is 0 Å². The monoisotopic (exact) mass is 244 g/mol. The van der Waals surface area contributed by atoms with Crippen LogP contribution < -0.4 is 5.73 Å². The van der Waals surface area contributed by atoms with Gasteiger partial charge in [0.1, 0.15) is 5.03 Å². The predicted octanol–water partition coefficient (Wildman–Crippen LogP) is 3.56. The zero-order valence-corrected chi connectivity index (χ0v) is 10.9. The molecule has 1 heterocycles. The smallest absolute Gasteiger partial charge is 0.101 e. The molecule has 3 heteroatoms. The zero-order valence-electron chi connectivity index (χ0n) is 10.1. The number of rotatable bonds is 3. The van der Waals surface area contributed by atoms with Crippen LogP contribution in [0.1, 0.15) is 24.1 Å². The number of aromatic nitrogens is 1. The normalized spacial score (nSPS) is 12.4. The molecule has 0 aliphatic heterocycles. The van der Waals surface area contributed by atoms with Gasteiger partial charge in [-0.2, -0.15) is 0 Å². The van der Waals surface area contributed by atoms with E-state index < -0.39 is 0 Å². The number of aryl methyl sites for hydroxylation is 1. The van der Waals surface area contributed by atoms with Crippen molar-refractivity contribution in [3.63, 3.8) is 0 Å². The highest BCUT2D eigenvalue weighted by molar-refractivity contribution is 7.99. The van der Waals surface area contributed by atoms with Crippen LogP contribution in [-0.2, 0) is 0 Å². The van der Waals surface area contributed by atoms with Crippen LogP contribution in [0, 0.1) is 6.92 Å². The van der Waals surface area contributed by atoms with Crippen LogP contribution in [-0.4, -0.2) is 4.98 Å². The second kappa shape index (κ2) is 5.34. The topological polar surface area (TPSA) is 38.9 Å². The summed E-state index contributed by atoms with van der Waals surface area (Å²) in [6.07, 6.45) is 1.88. The van der Waals surface area contributed by atoms with Crippen molar-refractivity contribution in [3.05, 3.63) is 53.7 Å². The van der Waals surface area contributed by atoms with E-state index in [4.69, 9.17) is 5.73 Å². The van der Waals surface area contributed by atoms with Gasteiger partial charge >= 0.3 is 0 Å². The maximum Gasteiger partial charge on any atom is 0.101 e. The van der Waals surface area contributed by atoms with E-state index in [2.05, 4.69) is 30.1 Å². The van der Waals surface area contributed by atoms with Crippen LogP contribution in [0.4, 0.5) is 0 Å². The van der Waals surface area contributed by atoms with Gasteiger partial charge in [0.25, 0.3) is 0 Å². The molecule has 0 spiro atoms. The Morgan fingerprint density at radius 2 is 1.94 bits per heavy atom. The Morgan fingerprint density at radius 3 is 2.53 bits per heavy atom. The molecule has 2 rings (SSSR count). The van der Waals surface area contributed by atoms with Crippen LogP contribution in [0.5, 0.6) is 0 Å². The summed E-state index contributed by atoms with van der Waals surface area (Å²) in [7, 11) is 0. The van der Waals surface area contributed by atoms with Gasteiger partial charge in [0.2, 0.25) is 0 Å². The van der Waals surface area contributed by atoms with Gasteiger partial charge in [-0.1, -0.05) is 30.0 Å². The lowest BCUT2D eigenvalue weighted by molar-refractivity contribution is 0.796. The van der Waals surface area contributed by atoms with Crippen LogP contribution in [0.15, 0.2) is 52.5 Å². The second-order valence-electron chi connectivity index (χ2n) is 4.08. The summed E-state index contributed by atoms with van der Waals surface area (Å²) >= 11 is 1.67. The van der Waals surface area contributed by atoms with E-state index in [1.165, 1.54) is 10.5 Å². The second-order valence-corrected chi connectivity index (χ2v) is 5.18. The largest absolute Gasteiger partial charge is 0.324 e. The van der Waals surface area contributed by atoms with Crippen LogP contribution in [0.2, 0.25) is 0 Å². The van der Waals surface area contributed by atoms with Gasteiger partial charge < -0.3 is 5.73 Å². The van der Waals surface area contributed by atoms with Gasteiger partial charge in [0.05, 0.1) is 0 Å². The summed E-state index contributed by atoms with van der Waals surface area (Å²) in [6.45, 7) is 4.06. The Kier molecular flexibility index (Phi) is 3.82. The van der Waals surface area contributed by atoms with Crippen molar-refractivity contribution in [2.24, 2.45) is 5.73 Å². The first kappa shape index (κ1) is 12.1. The Morgan fingerprint density at radius 1 is 1.24 bits per heavy atom. The lowest BCUT2D eigenvalue weighted by atomic mass is 10.1. The highest BCUT2D eigenvalue weighted by Gasteiger charge is 2.06. The fourth-order valence-electron chi connectivity index (χ4n) is 1.68. The number of hydrogen-bond donors (Lipinski definition) is 1. The molecule has 0 fully saturated rings. The Labute approximate surface area is 106 Å². The molecule has 0 unspecified atom stereocenters. The number of pyridine rings is 1. The molecule has 17 heavy (non-hydrogen) atoms. The number of nitrogens with zero attached hydrogens (tertiary/aromatic N) is 1. The van der Waals surface area contributed by atoms with Gasteiger partial charge in [-0.05, 0) is 43.2 Å². The van der Waals surface area contributed by atoms with Crippen LogP contribution in [0.3, 0.4) is 0 Å². The van der Waals surface area contributed by atoms with E-state index in [0.29, 0.717) is 0 Å². The first-order valence-corrected chi connectivity index (χ1v) is 6.43. The van der Waals surface area contributed by atoms with Crippen molar-refractivity contribution >= 4 is 11.8 Å². The van der Waals surface area contributed by atoms with Gasteiger partial charge in [0.15, 0.2) is 0 Å². The minimum Gasteiger partial charge on any atom is -0.324 e. The lowest BCUT2D eigenvalue weighted by Crippen LogP contribution is -2.07. The highest BCUT2D eigenvalue weighted by atomic mass is 32.2. The van der Waals surface area contributed by atoms with E-state index in [-0.39, 0.29) is 6.04 Å². The molecule has 0 aliphatic rings. The van der Waals surface area contributed by atoms with Crippen molar-refractivity contribution in [1.82, 2.24) is 4.98 Å². The SMILES string of the molecule is Cc1cc(Sc2ccccc2)ncc1[C@H](C)N. The molecule has 2 N–H and O–H groups in total. The third-order valence-electron chi connectivity index (χ3n) is 2.58. The molecule has 0 amide bonds. The molecular weight excluding hydrogens is 228 g/mol. The Bertz CT molecular complexity index is 495. The minimum atomic E-state index is 0.0401. The Hall–Kier alpha value is -1.32. The molecule has 1 aromatic heterocycles. The van der Waals surface area contributed by atoms with E-state index in [0.717, 1.165) is 10.6 Å². The molecule has 2 nitrogen and oxygen atoms in total. The minimum absolute atomic E-state index is 0.0401. The molecule has 2 aromatic rings. The lowest BCUT2D eigenvalue weighted by Gasteiger charge is -2.10. The van der Waals surface area contributed by atoms with Crippen molar-refractivity contribution in [2.45, 2.75) is 29.8 Å². The summed E-state index contributed by atoms with van der Waals surface area (Å²) in [5.41, 5.74) is 8.19. The third-order valence-corrected chi connectivity index (χ3v) is 3.52. The molecule has 0 aliphatic carbocycles. The van der Waals surface area contributed by atoms with Crippen molar-refractivity contribution < 1.29 is 0 Å².